The Labute approximate surface area is 109 Å². The molecule has 2 aromatic carbocycles. The van der Waals surface area contributed by atoms with Crippen molar-refractivity contribution in [1.29, 1.82) is 0 Å². The summed E-state index contributed by atoms with van der Waals surface area (Å²) in [7, 11) is 0. The molecule has 1 aromatic heterocycles. The van der Waals surface area contributed by atoms with Crippen molar-refractivity contribution in [3.05, 3.63) is 59.9 Å². The summed E-state index contributed by atoms with van der Waals surface area (Å²) in [5, 5.41) is 4.40. The third-order valence-corrected chi connectivity index (χ3v) is 3.36. The quantitative estimate of drug-likeness (QED) is 0.520. The van der Waals surface area contributed by atoms with Crippen LogP contribution in [0.25, 0.3) is 22.8 Å². The zero-order valence-electron chi connectivity index (χ0n) is 10.0. The maximum atomic E-state index is 13.7. The van der Waals surface area contributed by atoms with Gasteiger partial charge in [-0.3, -0.25) is 0 Å². The second-order valence-corrected chi connectivity index (χ2v) is 4.55. The minimum Gasteiger partial charge on any atom is -0.241 e. The van der Waals surface area contributed by atoms with Gasteiger partial charge in [0.15, 0.2) is 11.6 Å². The van der Waals surface area contributed by atoms with Crippen LogP contribution in [-0.4, -0.2) is 14.8 Å². The number of halogens is 1. The Morgan fingerprint density at radius 2 is 1.68 bits per heavy atom. The van der Waals surface area contributed by atoms with Crippen LogP contribution in [0.15, 0.2) is 48.5 Å². The highest BCUT2D eigenvalue weighted by molar-refractivity contribution is 5.67. The van der Waals surface area contributed by atoms with Crippen LogP contribution in [0.2, 0.25) is 0 Å². The van der Waals surface area contributed by atoms with Crippen molar-refractivity contribution in [3.8, 4) is 22.8 Å². The molecule has 1 aliphatic rings. The van der Waals surface area contributed by atoms with Crippen molar-refractivity contribution in [2.24, 2.45) is 0 Å². The Balaban J connectivity index is 1.87. The van der Waals surface area contributed by atoms with E-state index in [1.54, 1.807) is 18.2 Å². The van der Waals surface area contributed by atoms with Crippen LogP contribution in [0.4, 0.5) is 4.39 Å². The lowest BCUT2D eigenvalue weighted by atomic mass is 10.1. The first kappa shape index (κ1) is 10.4. The average molecular weight is 251 g/mol. The van der Waals surface area contributed by atoms with Gasteiger partial charge >= 0.3 is 0 Å². The van der Waals surface area contributed by atoms with E-state index >= 15 is 0 Å². The highest BCUT2D eigenvalue weighted by Crippen LogP contribution is 2.31. The number of nitrogens with zero attached hydrogens (tertiary/aromatic N) is 3. The molecule has 0 bridgehead atoms. The van der Waals surface area contributed by atoms with Gasteiger partial charge in [-0.1, -0.05) is 36.4 Å². The molecule has 3 nitrogen and oxygen atoms in total. The van der Waals surface area contributed by atoms with Crippen molar-refractivity contribution in [2.45, 2.75) is 6.54 Å². The largest absolute Gasteiger partial charge is 0.241 e. The van der Waals surface area contributed by atoms with E-state index in [0.29, 0.717) is 17.9 Å². The van der Waals surface area contributed by atoms with Crippen LogP contribution in [0.5, 0.6) is 0 Å². The van der Waals surface area contributed by atoms with E-state index in [4.69, 9.17) is 0 Å². The number of hydrogen-bond donors (Lipinski definition) is 0. The van der Waals surface area contributed by atoms with Crippen molar-refractivity contribution in [3.63, 3.8) is 0 Å². The summed E-state index contributed by atoms with van der Waals surface area (Å²) in [6.45, 7) is 0.701. The van der Waals surface area contributed by atoms with E-state index < -0.39 is 0 Å². The molecular weight excluding hydrogens is 241 g/mol. The molecule has 0 radical (unpaired) electrons. The van der Waals surface area contributed by atoms with Crippen molar-refractivity contribution in [2.75, 3.05) is 0 Å². The van der Waals surface area contributed by atoms with E-state index in [9.17, 15) is 4.39 Å². The van der Waals surface area contributed by atoms with Gasteiger partial charge in [0.2, 0.25) is 0 Å². The summed E-state index contributed by atoms with van der Waals surface area (Å²) in [6, 6.07) is 14.6. The highest BCUT2D eigenvalue weighted by Gasteiger charge is 2.23. The summed E-state index contributed by atoms with van der Waals surface area (Å²) in [5.41, 5.74) is 2.73. The Morgan fingerprint density at radius 1 is 0.947 bits per heavy atom. The van der Waals surface area contributed by atoms with Gasteiger partial charge in [-0.25, -0.2) is 14.1 Å². The molecule has 3 aromatic rings. The first-order valence-electron chi connectivity index (χ1n) is 6.11. The molecule has 92 valence electrons. The summed E-state index contributed by atoms with van der Waals surface area (Å²) in [5.74, 6) is 0.969. The first-order chi connectivity index (χ1) is 9.33. The maximum absolute atomic E-state index is 13.7. The molecule has 0 atom stereocenters. The van der Waals surface area contributed by atoms with E-state index in [0.717, 1.165) is 11.4 Å². The molecule has 1 aliphatic heterocycles. The molecule has 19 heavy (non-hydrogen) atoms. The van der Waals surface area contributed by atoms with E-state index in [2.05, 4.69) is 16.1 Å². The fourth-order valence-corrected chi connectivity index (χ4v) is 2.45. The van der Waals surface area contributed by atoms with Gasteiger partial charge in [0.25, 0.3) is 0 Å². The molecule has 0 aliphatic carbocycles. The third kappa shape index (κ3) is 1.50. The Hall–Kier alpha value is -2.49. The Kier molecular flexibility index (Phi) is 2.06. The summed E-state index contributed by atoms with van der Waals surface area (Å²) >= 11 is 0. The fraction of sp³-hybridized carbons (Fsp3) is 0.0667. The number of fused-ring (bicyclic) bond motifs is 3. The monoisotopic (exact) mass is 251 g/mol. The second kappa shape index (κ2) is 3.75. The number of rotatable bonds is 1. The van der Waals surface area contributed by atoms with Crippen LogP contribution in [0.3, 0.4) is 0 Å². The lowest BCUT2D eigenvalue weighted by Crippen LogP contribution is -1.96. The number of hydrogen-bond acceptors (Lipinski definition) is 2. The maximum Gasteiger partial charge on any atom is 0.184 e. The minimum absolute atomic E-state index is 0.292. The molecule has 0 N–H and O–H groups in total. The van der Waals surface area contributed by atoms with Gasteiger partial charge < -0.3 is 0 Å². The zero-order chi connectivity index (χ0) is 12.8. The van der Waals surface area contributed by atoms with Crippen LogP contribution >= 0.6 is 0 Å². The molecular formula is C15H10FN3. The average Bonchev–Trinajstić information content (AvgIpc) is 2.96. The standard InChI is InChI=1S/C15H10FN3/c16-13-8-4-3-7-12(13)14-17-15-11-6-2-1-5-10(11)9-19(15)18-14/h1-8H,9H2. The van der Waals surface area contributed by atoms with Gasteiger partial charge in [0, 0.05) is 5.56 Å². The van der Waals surface area contributed by atoms with Crippen LogP contribution in [-0.2, 0) is 6.54 Å². The predicted molar refractivity (Wildman–Crippen MR) is 70.0 cm³/mol. The van der Waals surface area contributed by atoms with Gasteiger partial charge in [-0.2, -0.15) is 0 Å². The molecule has 0 fully saturated rings. The van der Waals surface area contributed by atoms with Crippen molar-refractivity contribution < 1.29 is 4.39 Å². The molecule has 0 spiro atoms. The Bertz CT molecular complexity index is 777. The summed E-state index contributed by atoms with van der Waals surface area (Å²) in [4.78, 5) is 4.48. The predicted octanol–water partition coefficient (Wildman–Crippen LogP) is 3.11. The normalized spacial score (nSPS) is 12.3. The molecule has 4 rings (SSSR count). The molecule has 0 saturated heterocycles. The molecule has 0 amide bonds. The van der Waals surface area contributed by atoms with E-state index in [1.807, 2.05) is 22.9 Å². The molecule has 2 heterocycles. The zero-order valence-corrected chi connectivity index (χ0v) is 10.0. The lowest BCUT2D eigenvalue weighted by molar-refractivity contribution is 0.629. The SMILES string of the molecule is Fc1ccccc1-c1nc2n(n1)Cc1ccccc1-2. The first-order valence-corrected chi connectivity index (χ1v) is 6.11. The van der Waals surface area contributed by atoms with E-state index in [-0.39, 0.29) is 5.82 Å². The third-order valence-electron chi connectivity index (χ3n) is 3.36. The minimum atomic E-state index is -0.292. The van der Waals surface area contributed by atoms with Crippen molar-refractivity contribution >= 4 is 0 Å². The van der Waals surface area contributed by atoms with Gasteiger partial charge in [0.1, 0.15) is 5.82 Å². The number of aromatic nitrogens is 3. The smallest absolute Gasteiger partial charge is 0.184 e. The van der Waals surface area contributed by atoms with Gasteiger partial charge in [0.05, 0.1) is 12.1 Å². The van der Waals surface area contributed by atoms with Crippen molar-refractivity contribution in [1.82, 2.24) is 14.8 Å². The second-order valence-electron chi connectivity index (χ2n) is 4.55. The fourth-order valence-electron chi connectivity index (χ4n) is 2.45. The van der Waals surface area contributed by atoms with Gasteiger partial charge in [-0.15, -0.1) is 5.10 Å². The summed E-state index contributed by atoms with van der Waals surface area (Å²) in [6.07, 6.45) is 0. The number of benzene rings is 2. The lowest BCUT2D eigenvalue weighted by Gasteiger charge is -1.98. The van der Waals surface area contributed by atoms with Crippen LogP contribution in [0.1, 0.15) is 5.56 Å². The molecule has 0 saturated carbocycles. The highest BCUT2D eigenvalue weighted by atomic mass is 19.1. The van der Waals surface area contributed by atoms with Crippen LogP contribution < -0.4 is 0 Å². The molecule has 4 heteroatoms. The summed E-state index contributed by atoms with van der Waals surface area (Å²) < 4.78 is 15.6. The van der Waals surface area contributed by atoms with E-state index in [1.165, 1.54) is 11.6 Å². The molecule has 0 unspecified atom stereocenters. The van der Waals surface area contributed by atoms with Crippen LogP contribution in [0, 0.1) is 5.82 Å². The topological polar surface area (TPSA) is 30.7 Å². The Morgan fingerprint density at radius 3 is 2.53 bits per heavy atom. The van der Waals surface area contributed by atoms with Gasteiger partial charge in [-0.05, 0) is 17.7 Å².